The van der Waals surface area contributed by atoms with Crippen LogP contribution in [-0.4, -0.2) is 37.0 Å². The summed E-state index contributed by atoms with van der Waals surface area (Å²) < 4.78 is 8.81. The van der Waals surface area contributed by atoms with Crippen LogP contribution < -0.4 is 4.40 Å². The molecule has 0 atom stereocenters. The molecule has 9 heteroatoms. The summed E-state index contributed by atoms with van der Waals surface area (Å²) in [6.07, 6.45) is 8.00. The lowest BCUT2D eigenvalue weighted by Crippen LogP contribution is -2.19. The van der Waals surface area contributed by atoms with E-state index in [1.54, 1.807) is 45.9 Å². The summed E-state index contributed by atoms with van der Waals surface area (Å²) in [6, 6.07) is 8.95. The third-order valence-electron chi connectivity index (χ3n) is 4.33. The molecule has 1 N–H and O–H groups in total. The second kappa shape index (κ2) is 8.34. The molecule has 0 bridgehead atoms. The molecule has 0 aromatic carbocycles. The van der Waals surface area contributed by atoms with Crippen molar-refractivity contribution in [2.75, 3.05) is 6.61 Å². The van der Waals surface area contributed by atoms with Crippen molar-refractivity contribution in [3.63, 3.8) is 0 Å². The van der Waals surface area contributed by atoms with Gasteiger partial charge in [0.2, 0.25) is 5.78 Å². The Kier molecular flexibility index (Phi) is 5.46. The Balaban J connectivity index is 1.62. The number of pyridine rings is 2. The van der Waals surface area contributed by atoms with Crippen LogP contribution in [0.2, 0.25) is 5.15 Å². The van der Waals surface area contributed by atoms with E-state index < -0.39 is 0 Å². The summed E-state index contributed by atoms with van der Waals surface area (Å²) in [5.41, 5.74) is 2.43. The summed E-state index contributed by atoms with van der Waals surface area (Å²) in [5.74, 6) is -0.482. The second-order valence-corrected chi connectivity index (χ2v) is 6.73. The molecule has 0 aliphatic heterocycles. The Morgan fingerprint density at radius 3 is 2.72 bits per heavy atom. The number of ether oxygens (including phenoxy) is 1. The van der Waals surface area contributed by atoms with Crippen molar-refractivity contribution in [1.29, 1.82) is 0 Å². The van der Waals surface area contributed by atoms with Gasteiger partial charge in [0, 0.05) is 35.8 Å². The molecule has 4 aromatic rings. The number of imidazole rings is 1. The van der Waals surface area contributed by atoms with Crippen LogP contribution in [0.5, 0.6) is 5.88 Å². The summed E-state index contributed by atoms with van der Waals surface area (Å²) in [6.45, 7) is 0.339. The van der Waals surface area contributed by atoms with Gasteiger partial charge in [-0.15, -0.1) is 0 Å². The molecule has 0 saturated carbocycles. The first-order valence-corrected chi connectivity index (χ1v) is 9.18. The standard InChI is InChI=1S/C20H16ClN5O3/c21-17-5-4-14(9-24-17)10-26-18-3-1-2-6-25(18)20(28)19(26)16(27)12-29-11-15-7-22-13-23-8-15/h1-9,13H,10-12H2/p+1. The normalized spacial score (nSPS) is 11.1. The van der Waals surface area contributed by atoms with Crippen LogP contribution in [0, 0.1) is 0 Å². The van der Waals surface area contributed by atoms with Gasteiger partial charge in [0.25, 0.3) is 11.3 Å². The van der Waals surface area contributed by atoms with E-state index in [-0.39, 0.29) is 30.6 Å². The number of carbonyl (C=O) groups is 1. The van der Waals surface area contributed by atoms with Gasteiger partial charge in [-0.2, -0.15) is 4.40 Å². The SMILES string of the molecule is O=C(COCc1cncnc1)c1c(O)[n+]2ccccc2n1Cc1ccc(Cl)nc1. The van der Waals surface area contributed by atoms with E-state index in [1.807, 2.05) is 18.2 Å². The van der Waals surface area contributed by atoms with Crippen LogP contribution >= 0.6 is 11.6 Å². The van der Waals surface area contributed by atoms with Gasteiger partial charge in [-0.25, -0.2) is 19.5 Å². The van der Waals surface area contributed by atoms with Crippen molar-refractivity contribution < 1.29 is 19.0 Å². The van der Waals surface area contributed by atoms with Crippen molar-refractivity contribution in [1.82, 2.24) is 19.5 Å². The van der Waals surface area contributed by atoms with Gasteiger partial charge in [-0.3, -0.25) is 4.79 Å². The Morgan fingerprint density at radius 1 is 1.14 bits per heavy atom. The van der Waals surface area contributed by atoms with E-state index in [1.165, 1.54) is 6.33 Å². The molecule has 8 nitrogen and oxygen atoms in total. The first-order valence-electron chi connectivity index (χ1n) is 8.80. The van der Waals surface area contributed by atoms with Gasteiger partial charge in [0.05, 0.1) is 12.8 Å². The summed E-state index contributed by atoms with van der Waals surface area (Å²) in [5, 5.41) is 11.1. The van der Waals surface area contributed by atoms with Crippen LogP contribution in [0.4, 0.5) is 0 Å². The van der Waals surface area contributed by atoms with E-state index >= 15 is 0 Å². The van der Waals surface area contributed by atoms with Crippen molar-refractivity contribution in [3.05, 3.63) is 83.4 Å². The number of fused-ring (bicyclic) bond motifs is 1. The fourth-order valence-electron chi connectivity index (χ4n) is 3.03. The molecule has 146 valence electrons. The Morgan fingerprint density at radius 2 is 1.97 bits per heavy atom. The predicted octanol–water partition coefficient (Wildman–Crippen LogP) is 2.22. The largest absolute Gasteiger partial charge is 0.474 e. The van der Waals surface area contributed by atoms with Gasteiger partial charge in [-0.05, 0) is 12.1 Å². The first kappa shape index (κ1) is 19.0. The Labute approximate surface area is 171 Å². The molecule has 0 radical (unpaired) electrons. The van der Waals surface area contributed by atoms with Gasteiger partial charge in [-0.1, -0.05) is 23.7 Å². The Bertz CT molecular complexity index is 1150. The number of aromatic hydroxyl groups is 1. The number of halogens is 1. The number of ketones is 1. The zero-order valence-electron chi connectivity index (χ0n) is 15.3. The number of Topliss-reactive ketones (excluding diaryl/α,β-unsaturated/α-hetero) is 1. The van der Waals surface area contributed by atoms with Crippen molar-refractivity contribution in [2.45, 2.75) is 13.2 Å². The van der Waals surface area contributed by atoms with Gasteiger partial charge in [0.1, 0.15) is 24.6 Å². The van der Waals surface area contributed by atoms with Gasteiger partial charge >= 0.3 is 5.88 Å². The third kappa shape index (κ3) is 4.08. The molecule has 0 fully saturated rings. The topological polar surface area (TPSA) is 94.2 Å². The van der Waals surface area contributed by atoms with Crippen LogP contribution in [0.25, 0.3) is 5.65 Å². The van der Waals surface area contributed by atoms with E-state index in [9.17, 15) is 9.90 Å². The molecule has 4 rings (SSSR count). The Hall–Kier alpha value is -3.36. The molecular weight excluding hydrogens is 394 g/mol. The minimum Gasteiger partial charge on any atom is -0.474 e. The monoisotopic (exact) mass is 410 g/mol. The molecule has 0 spiro atoms. The maximum absolute atomic E-state index is 12.9. The van der Waals surface area contributed by atoms with E-state index in [0.29, 0.717) is 17.3 Å². The van der Waals surface area contributed by atoms with Crippen molar-refractivity contribution in [2.24, 2.45) is 0 Å². The maximum Gasteiger partial charge on any atom is 0.339 e. The number of rotatable bonds is 7. The minimum atomic E-state index is -0.343. The molecule has 4 aromatic heterocycles. The van der Waals surface area contributed by atoms with Gasteiger partial charge < -0.3 is 9.84 Å². The predicted molar refractivity (Wildman–Crippen MR) is 104 cm³/mol. The quantitative estimate of drug-likeness (QED) is 0.285. The fraction of sp³-hybridized carbons (Fsp3) is 0.150. The third-order valence-corrected chi connectivity index (χ3v) is 4.56. The average molecular weight is 411 g/mol. The zero-order valence-corrected chi connectivity index (χ0v) is 16.0. The lowest BCUT2D eigenvalue weighted by atomic mass is 10.2. The highest BCUT2D eigenvalue weighted by molar-refractivity contribution is 6.29. The molecule has 0 amide bonds. The molecule has 29 heavy (non-hydrogen) atoms. The summed E-state index contributed by atoms with van der Waals surface area (Å²) in [4.78, 5) is 24.8. The number of carbonyl (C=O) groups excluding carboxylic acids is 1. The van der Waals surface area contributed by atoms with Gasteiger partial charge in [0.15, 0.2) is 0 Å². The highest BCUT2D eigenvalue weighted by atomic mass is 35.5. The van der Waals surface area contributed by atoms with E-state index in [4.69, 9.17) is 16.3 Å². The highest BCUT2D eigenvalue weighted by Gasteiger charge is 2.30. The summed E-state index contributed by atoms with van der Waals surface area (Å²) >= 11 is 5.86. The molecule has 0 unspecified atom stereocenters. The van der Waals surface area contributed by atoms with E-state index in [2.05, 4.69) is 15.0 Å². The molecule has 0 saturated heterocycles. The highest BCUT2D eigenvalue weighted by Crippen LogP contribution is 2.20. The van der Waals surface area contributed by atoms with Crippen molar-refractivity contribution >= 4 is 23.0 Å². The molecule has 0 aliphatic carbocycles. The van der Waals surface area contributed by atoms with Crippen LogP contribution in [0.1, 0.15) is 21.6 Å². The van der Waals surface area contributed by atoms with Crippen LogP contribution in [-0.2, 0) is 17.9 Å². The first-order chi connectivity index (χ1) is 14.1. The summed E-state index contributed by atoms with van der Waals surface area (Å²) in [7, 11) is 0. The smallest absolute Gasteiger partial charge is 0.339 e. The average Bonchev–Trinajstić information content (AvgIpc) is 3.02. The number of nitrogens with zero attached hydrogens (tertiary/aromatic N) is 5. The second-order valence-electron chi connectivity index (χ2n) is 6.34. The van der Waals surface area contributed by atoms with Crippen molar-refractivity contribution in [3.8, 4) is 5.88 Å². The zero-order chi connectivity index (χ0) is 20.2. The maximum atomic E-state index is 12.9. The fourth-order valence-corrected chi connectivity index (χ4v) is 3.15. The molecule has 4 heterocycles. The van der Waals surface area contributed by atoms with Crippen LogP contribution in [0.15, 0.2) is 61.4 Å². The molecular formula is C20H17ClN5O3+. The minimum absolute atomic E-state index is 0.140. The van der Waals surface area contributed by atoms with E-state index in [0.717, 1.165) is 11.1 Å². The lowest BCUT2D eigenvalue weighted by Gasteiger charge is -2.04. The molecule has 0 aliphatic rings. The number of hydrogen-bond donors (Lipinski definition) is 1. The lowest BCUT2D eigenvalue weighted by molar-refractivity contribution is -0.521. The number of aromatic nitrogens is 5. The number of hydrogen-bond acceptors (Lipinski definition) is 6. The van der Waals surface area contributed by atoms with Crippen LogP contribution in [0.3, 0.4) is 0 Å².